The Balaban J connectivity index is 0.00000261. The largest absolute Gasteiger partial charge is 1.00 e. The highest BCUT2D eigenvalue weighted by Crippen LogP contribution is 2.22. The Morgan fingerprint density at radius 2 is 2.00 bits per heavy atom. The van der Waals surface area contributed by atoms with Gasteiger partial charge in [-0.05, 0) is 49.6 Å². The lowest BCUT2D eigenvalue weighted by Crippen LogP contribution is -3.00. The molecule has 0 N–H and O–H groups in total. The van der Waals surface area contributed by atoms with Gasteiger partial charge in [0.2, 0.25) is 0 Å². The van der Waals surface area contributed by atoms with Crippen molar-refractivity contribution in [2.24, 2.45) is 7.05 Å². The average molecular weight is 480 g/mol. The summed E-state index contributed by atoms with van der Waals surface area (Å²) in [6.45, 7) is 1.42. The lowest BCUT2D eigenvalue weighted by Gasteiger charge is -2.07. The van der Waals surface area contributed by atoms with Gasteiger partial charge in [0.1, 0.15) is 18.4 Å². The fourth-order valence-electron chi connectivity index (χ4n) is 3.02. The summed E-state index contributed by atoms with van der Waals surface area (Å²) in [7, 11) is 3.57. The van der Waals surface area contributed by atoms with Crippen molar-refractivity contribution in [3.63, 3.8) is 0 Å². The first-order chi connectivity index (χ1) is 12.7. The number of esters is 1. The zero-order chi connectivity index (χ0) is 18.4. The molecule has 0 radical (unpaired) electrons. The van der Waals surface area contributed by atoms with Crippen LogP contribution in [-0.4, -0.2) is 24.3 Å². The van der Waals surface area contributed by atoms with Crippen LogP contribution in [0.15, 0.2) is 55.0 Å². The number of halogens is 1. The zero-order valence-corrected chi connectivity index (χ0v) is 17.9. The Bertz CT molecular complexity index is 892. The number of rotatable bonds is 8. The Morgan fingerprint density at radius 3 is 2.78 bits per heavy atom. The molecule has 0 aliphatic rings. The van der Waals surface area contributed by atoms with Gasteiger partial charge >= 0.3 is 5.97 Å². The van der Waals surface area contributed by atoms with Gasteiger partial charge in [-0.2, -0.15) is 0 Å². The average Bonchev–Trinajstić information content (AvgIpc) is 3.06. The van der Waals surface area contributed by atoms with E-state index in [1.807, 2.05) is 29.9 Å². The van der Waals surface area contributed by atoms with Crippen LogP contribution < -0.4 is 33.3 Å². The van der Waals surface area contributed by atoms with E-state index >= 15 is 0 Å². The Hall–Kier alpha value is -2.09. The smallest absolute Gasteiger partial charge is 0.344 e. The second-order valence-corrected chi connectivity index (χ2v) is 6.39. The molecule has 0 spiro atoms. The normalized spacial score (nSPS) is 10.4. The molecule has 1 aromatic carbocycles. The molecule has 0 amide bonds. The maximum absolute atomic E-state index is 12.0. The molecule has 3 rings (SSSR count). The third-order valence-electron chi connectivity index (χ3n) is 4.43. The monoisotopic (exact) mass is 480 g/mol. The summed E-state index contributed by atoms with van der Waals surface area (Å²) >= 11 is 0. The van der Waals surface area contributed by atoms with Gasteiger partial charge in [0.25, 0.3) is 0 Å². The van der Waals surface area contributed by atoms with Gasteiger partial charge in [-0.15, -0.1) is 0 Å². The van der Waals surface area contributed by atoms with Gasteiger partial charge in [0.15, 0.2) is 12.4 Å². The Labute approximate surface area is 176 Å². The third-order valence-corrected chi connectivity index (χ3v) is 4.43. The number of carbonyl (C=O) groups is 1. The van der Waals surface area contributed by atoms with Gasteiger partial charge in [-0.1, -0.05) is 0 Å². The van der Waals surface area contributed by atoms with Crippen LogP contribution in [-0.2, 0) is 18.3 Å². The summed E-state index contributed by atoms with van der Waals surface area (Å²) in [5, 5.41) is 1.19. The minimum absolute atomic E-state index is 0. The summed E-state index contributed by atoms with van der Waals surface area (Å²) in [5.41, 5.74) is 1.80. The molecular weight excluding hydrogens is 455 g/mol. The Morgan fingerprint density at radius 1 is 1.15 bits per heavy atom. The van der Waals surface area contributed by atoms with Crippen molar-refractivity contribution in [2.45, 2.75) is 25.8 Å². The summed E-state index contributed by atoms with van der Waals surface area (Å²) in [4.78, 5) is 12.0. The predicted molar refractivity (Wildman–Crippen MR) is 100 cm³/mol. The Kier molecular flexibility index (Phi) is 8.09. The maximum atomic E-state index is 12.0. The van der Waals surface area contributed by atoms with E-state index < -0.39 is 0 Å². The fourth-order valence-corrected chi connectivity index (χ4v) is 3.02. The molecule has 0 aliphatic heterocycles. The molecular formula is C21H25IN2O3. The van der Waals surface area contributed by atoms with E-state index in [0.717, 1.165) is 31.6 Å². The lowest BCUT2D eigenvalue weighted by molar-refractivity contribution is -0.671. The van der Waals surface area contributed by atoms with Crippen LogP contribution in [0.4, 0.5) is 0 Å². The standard InChI is InChI=1S/C21H25N2O3.HI/c1-22-11-6-7-18(16-22)21(24)26-14-5-3-4-12-23-13-10-17-15-19(25-2)8-9-20(17)23;/h6-11,13,15-16H,3-5,12,14H2,1-2H3;1H/q+1;/p-1. The van der Waals surface area contributed by atoms with Gasteiger partial charge < -0.3 is 38.0 Å². The van der Waals surface area contributed by atoms with E-state index in [9.17, 15) is 4.79 Å². The van der Waals surface area contributed by atoms with E-state index in [4.69, 9.17) is 9.47 Å². The van der Waals surface area contributed by atoms with Crippen molar-refractivity contribution in [1.29, 1.82) is 0 Å². The number of ether oxygens (including phenoxy) is 2. The van der Waals surface area contributed by atoms with E-state index in [1.54, 1.807) is 19.4 Å². The molecule has 0 unspecified atom stereocenters. The van der Waals surface area contributed by atoms with Crippen molar-refractivity contribution in [1.82, 2.24) is 4.57 Å². The summed E-state index contributed by atoms with van der Waals surface area (Å²) in [6.07, 6.45) is 8.71. The van der Waals surface area contributed by atoms with Crippen LogP contribution in [0.5, 0.6) is 5.75 Å². The van der Waals surface area contributed by atoms with Crippen LogP contribution in [0.1, 0.15) is 29.6 Å². The van der Waals surface area contributed by atoms with Crippen molar-refractivity contribution in [3.8, 4) is 5.75 Å². The molecule has 0 saturated carbocycles. The number of methoxy groups -OCH3 is 1. The van der Waals surface area contributed by atoms with Crippen LogP contribution >= 0.6 is 0 Å². The predicted octanol–water partition coefficient (Wildman–Crippen LogP) is 0.506. The number of hydrogen-bond donors (Lipinski definition) is 0. The molecule has 144 valence electrons. The van der Waals surface area contributed by atoms with E-state index in [-0.39, 0.29) is 29.9 Å². The second-order valence-electron chi connectivity index (χ2n) is 6.39. The summed E-state index contributed by atoms with van der Waals surface area (Å²) < 4.78 is 14.7. The van der Waals surface area contributed by atoms with Crippen molar-refractivity contribution in [3.05, 3.63) is 60.6 Å². The molecule has 0 bridgehead atoms. The molecule has 0 aliphatic carbocycles. The molecule has 0 fully saturated rings. The van der Waals surface area contributed by atoms with E-state index in [1.165, 1.54) is 10.9 Å². The number of unbranched alkanes of at least 4 members (excludes halogenated alkanes) is 2. The van der Waals surface area contributed by atoms with Gasteiger partial charge in [0.05, 0.1) is 13.7 Å². The maximum Gasteiger partial charge on any atom is 0.344 e. The molecule has 2 aromatic heterocycles. The van der Waals surface area contributed by atoms with E-state index in [0.29, 0.717) is 12.2 Å². The fraction of sp³-hybridized carbons (Fsp3) is 0.333. The molecule has 27 heavy (non-hydrogen) atoms. The topological polar surface area (TPSA) is 44.3 Å². The molecule has 3 aromatic rings. The van der Waals surface area contributed by atoms with Crippen molar-refractivity contribution < 1.29 is 42.8 Å². The van der Waals surface area contributed by atoms with Crippen LogP contribution in [0, 0.1) is 0 Å². The molecule has 6 heteroatoms. The SMILES string of the molecule is COc1ccc2c(ccn2CCCCCOC(=O)c2ccc[n+](C)c2)c1.[I-]. The van der Waals surface area contributed by atoms with Gasteiger partial charge in [0, 0.05) is 29.7 Å². The number of carbonyl (C=O) groups excluding carboxylic acids is 1. The first-order valence-electron chi connectivity index (χ1n) is 8.92. The highest BCUT2D eigenvalue weighted by atomic mass is 127. The number of hydrogen-bond acceptors (Lipinski definition) is 3. The third kappa shape index (κ3) is 5.69. The zero-order valence-electron chi connectivity index (χ0n) is 15.7. The number of pyridine rings is 1. The number of nitrogens with zero attached hydrogens (tertiary/aromatic N) is 2. The number of aryl methyl sites for hydroxylation is 2. The number of aromatic nitrogens is 2. The van der Waals surface area contributed by atoms with E-state index in [2.05, 4.69) is 29.0 Å². The highest BCUT2D eigenvalue weighted by molar-refractivity contribution is 5.88. The summed E-state index contributed by atoms with van der Waals surface area (Å²) in [6, 6.07) is 11.9. The first kappa shape index (κ1) is 21.2. The van der Waals surface area contributed by atoms with Crippen molar-refractivity contribution >= 4 is 16.9 Å². The van der Waals surface area contributed by atoms with Crippen LogP contribution in [0.2, 0.25) is 0 Å². The number of benzene rings is 1. The van der Waals surface area contributed by atoms with Crippen LogP contribution in [0.3, 0.4) is 0 Å². The van der Waals surface area contributed by atoms with Crippen LogP contribution in [0.25, 0.3) is 10.9 Å². The van der Waals surface area contributed by atoms with Crippen molar-refractivity contribution in [2.75, 3.05) is 13.7 Å². The van der Waals surface area contributed by atoms with Gasteiger partial charge in [-0.3, -0.25) is 0 Å². The van der Waals surface area contributed by atoms with Gasteiger partial charge in [-0.25, -0.2) is 9.36 Å². The second kappa shape index (κ2) is 10.3. The highest BCUT2D eigenvalue weighted by Gasteiger charge is 2.10. The first-order valence-corrected chi connectivity index (χ1v) is 8.92. The minimum atomic E-state index is -0.258. The lowest BCUT2D eigenvalue weighted by atomic mass is 10.2. The quantitative estimate of drug-likeness (QED) is 0.204. The molecule has 5 nitrogen and oxygen atoms in total. The number of fused-ring (bicyclic) bond motifs is 1. The molecule has 0 saturated heterocycles. The summed E-state index contributed by atoms with van der Waals surface area (Å²) in [5.74, 6) is 0.621. The minimum Gasteiger partial charge on any atom is -1.00 e. The molecule has 0 atom stereocenters. The molecule has 2 heterocycles.